The number of hydrogen-bond acceptors (Lipinski definition) is 3. The van der Waals surface area contributed by atoms with Crippen LogP contribution >= 0.6 is 0 Å². The first-order chi connectivity index (χ1) is 6.74. The molecule has 0 aliphatic heterocycles. The maximum absolute atomic E-state index is 9.10. The van der Waals surface area contributed by atoms with E-state index in [1.807, 2.05) is 18.3 Å². The Morgan fingerprint density at radius 1 is 1.50 bits per heavy atom. The van der Waals surface area contributed by atoms with Crippen molar-refractivity contribution in [1.29, 1.82) is 0 Å². The molecule has 0 bridgehead atoms. The van der Waals surface area contributed by atoms with Crippen LogP contribution in [0.25, 0.3) is 0 Å². The molecule has 0 fully saturated rings. The van der Waals surface area contributed by atoms with Gasteiger partial charge >= 0.3 is 0 Å². The Bertz CT molecular complexity index is 249. The van der Waals surface area contributed by atoms with Crippen molar-refractivity contribution >= 4 is 0 Å². The van der Waals surface area contributed by atoms with E-state index in [0.717, 1.165) is 12.1 Å². The molecular weight excluding hydrogens is 176 g/mol. The van der Waals surface area contributed by atoms with Crippen molar-refractivity contribution in [1.82, 2.24) is 10.3 Å². The molecule has 78 valence electrons. The lowest BCUT2D eigenvalue weighted by atomic mass is 10.1. The minimum Gasteiger partial charge on any atom is -0.395 e. The number of nitrogens with one attached hydrogen (secondary N) is 1. The third kappa shape index (κ3) is 3.44. The molecule has 1 atom stereocenters. The standard InChI is InChI=1S/C11H18N2O/c1-9(2)11(8-14)13-7-10-4-3-5-12-6-10/h3-6,9,11,13-14H,7-8H2,1-2H3/t11-/m0/s1. The summed E-state index contributed by atoms with van der Waals surface area (Å²) in [4.78, 5) is 4.03. The van der Waals surface area contributed by atoms with E-state index in [-0.39, 0.29) is 12.6 Å². The largest absolute Gasteiger partial charge is 0.395 e. The van der Waals surface area contributed by atoms with E-state index in [0.29, 0.717) is 5.92 Å². The lowest BCUT2D eigenvalue weighted by Gasteiger charge is -2.19. The lowest BCUT2D eigenvalue weighted by molar-refractivity contribution is 0.210. The van der Waals surface area contributed by atoms with Crippen LogP contribution in [0.2, 0.25) is 0 Å². The zero-order valence-electron chi connectivity index (χ0n) is 8.77. The van der Waals surface area contributed by atoms with Gasteiger partial charge < -0.3 is 10.4 Å². The van der Waals surface area contributed by atoms with Gasteiger partial charge in [0.05, 0.1) is 6.61 Å². The smallest absolute Gasteiger partial charge is 0.0587 e. The molecule has 0 saturated carbocycles. The highest BCUT2D eigenvalue weighted by molar-refractivity contribution is 5.08. The van der Waals surface area contributed by atoms with Gasteiger partial charge in [0.2, 0.25) is 0 Å². The molecule has 1 rings (SSSR count). The SMILES string of the molecule is CC(C)[C@H](CO)NCc1cccnc1. The Morgan fingerprint density at radius 3 is 2.79 bits per heavy atom. The topological polar surface area (TPSA) is 45.1 Å². The molecule has 14 heavy (non-hydrogen) atoms. The van der Waals surface area contributed by atoms with Crippen LogP contribution in [0.5, 0.6) is 0 Å². The van der Waals surface area contributed by atoms with Crippen molar-refractivity contribution in [2.45, 2.75) is 26.4 Å². The fraction of sp³-hybridized carbons (Fsp3) is 0.545. The molecule has 0 spiro atoms. The second kappa shape index (κ2) is 5.73. The maximum Gasteiger partial charge on any atom is 0.0587 e. The van der Waals surface area contributed by atoms with E-state index < -0.39 is 0 Å². The summed E-state index contributed by atoms with van der Waals surface area (Å²) in [6, 6.07) is 4.10. The molecule has 1 aromatic rings. The predicted molar refractivity (Wildman–Crippen MR) is 56.8 cm³/mol. The highest BCUT2D eigenvalue weighted by Gasteiger charge is 2.10. The molecule has 2 N–H and O–H groups in total. The minimum absolute atomic E-state index is 0.162. The molecule has 0 aliphatic carbocycles. The Hall–Kier alpha value is -0.930. The average Bonchev–Trinajstić information content (AvgIpc) is 2.20. The molecule has 3 heteroatoms. The number of aliphatic hydroxyl groups is 1. The van der Waals surface area contributed by atoms with Gasteiger partial charge in [-0.25, -0.2) is 0 Å². The predicted octanol–water partition coefficient (Wildman–Crippen LogP) is 1.19. The summed E-state index contributed by atoms with van der Waals surface area (Å²) in [5.74, 6) is 0.441. The Labute approximate surface area is 85.2 Å². The molecule has 0 saturated heterocycles. The van der Waals surface area contributed by atoms with Gasteiger partial charge in [0.15, 0.2) is 0 Å². The number of pyridine rings is 1. The van der Waals surface area contributed by atoms with E-state index >= 15 is 0 Å². The van der Waals surface area contributed by atoms with Gasteiger partial charge in [0, 0.05) is 25.0 Å². The summed E-state index contributed by atoms with van der Waals surface area (Å²) < 4.78 is 0. The van der Waals surface area contributed by atoms with Crippen molar-refractivity contribution in [2.75, 3.05) is 6.61 Å². The quantitative estimate of drug-likeness (QED) is 0.740. The van der Waals surface area contributed by atoms with E-state index in [1.54, 1.807) is 6.20 Å². The number of aromatic nitrogens is 1. The Balaban J connectivity index is 2.40. The number of nitrogens with zero attached hydrogens (tertiary/aromatic N) is 1. The minimum atomic E-state index is 0.162. The van der Waals surface area contributed by atoms with Gasteiger partial charge in [-0.15, -0.1) is 0 Å². The Kier molecular flexibility index (Phi) is 4.56. The summed E-state index contributed by atoms with van der Waals surface area (Å²) in [7, 11) is 0. The van der Waals surface area contributed by atoms with Gasteiger partial charge in [0.1, 0.15) is 0 Å². The summed E-state index contributed by atoms with van der Waals surface area (Å²) in [6.45, 7) is 5.13. The normalized spacial score (nSPS) is 13.1. The van der Waals surface area contributed by atoms with Crippen molar-refractivity contribution in [2.24, 2.45) is 5.92 Å². The second-order valence-electron chi connectivity index (χ2n) is 3.78. The van der Waals surface area contributed by atoms with Crippen molar-refractivity contribution < 1.29 is 5.11 Å². The molecule has 3 nitrogen and oxygen atoms in total. The van der Waals surface area contributed by atoms with E-state index in [4.69, 9.17) is 5.11 Å². The zero-order chi connectivity index (χ0) is 10.4. The molecule has 0 aromatic carbocycles. The first kappa shape index (κ1) is 11.1. The molecule has 0 aliphatic rings. The highest BCUT2D eigenvalue weighted by atomic mass is 16.3. The van der Waals surface area contributed by atoms with Gasteiger partial charge in [0.25, 0.3) is 0 Å². The van der Waals surface area contributed by atoms with Gasteiger partial charge in [-0.2, -0.15) is 0 Å². The molecule has 0 radical (unpaired) electrons. The highest BCUT2D eigenvalue weighted by Crippen LogP contribution is 2.02. The van der Waals surface area contributed by atoms with Gasteiger partial charge in [-0.05, 0) is 17.5 Å². The first-order valence-electron chi connectivity index (χ1n) is 4.97. The third-order valence-electron chi connectivity index (χ3n) is 2.29. The Morgan fingerprint density at radius 2 is 2.29 bits per heavy atom. The molecule has 0 amide bonds. The van der Waals surface area contributed by atoms with Crippen LogP contribution in [0, 0.1) is 5.92 Å². The number of aliphatic hydroxyl groups excluding tert-OH is 1. The summed E-state index contributed by atoms with van der Waals surface area (Å²) >= 11 is 0. The van der Waals surface area contributed by atoms with Crippen LogP contribution in [0.4, 0.5) is 0 Å². The lowest BCUT2D eigenvalue weighted by Crippen LogP contribution is -2.36. The summed E-state index contributed by atoms with van der Waals surface area (Å²) in [6.07, 6.45) is 3.59. The van der Waals surface area contributed by atoms with E-state index in [2.05, 4.69) is 24.1 Å². The number of hydrogen-bond donors (Lipinski definition) is 2. The molecule has 1 aromatic heterocycles. The molecular formula is C11H18N2O. The van der Waals surface area contributed by atoms with Crippen molar-refractivity contribution in [3.8, 4) is 0 Å². The van der Waals surface area contributed by atoms with E-state index in [1.165, 1.54) is 0 Å². The van der Waals surface area contributed by atoms with Crippen LogP contribution in [0.15, 0.2) is 24.5 Å². The van der Waals surface area contributed by atoms with Crippen LogP contribution in [0.3, 0.4) is 0 Å². The molecule has 1 heterocycles. The number of rotatable bonds is 5. The van der Waals surface area contributed by atoms with E-state index in [9.17, 15) is 0 Å². The van der Waals surface area contributed by atoms with Gasteiger partial charge in [-0.1, -0.05) is 19.9 Å². The average molecular weight is 194 g/mol. The van der Waals surface area contributed by atoms with Crippen LogP contribution in [0.1, 0.15) is 19.4 Å². The molecule has 0 unspecified atom stereocenters. The van der Waals surface area contributed by atoms with Crippen molar-refractivity contribution in [3.63, 3.8) is 0 Å². The van der Waals surface area contributed by atoms with Gasteiger partial charge in [-0.3, -0.25) is 4.98 Å². The van der Waals surface area contributed by atoms with Crippen LogP contribution < -0.4 is 5.32 Å². The van der Waals surface area contributed by atoms with Crippen LogP contribution in [-0.2, 0) is 6.54 Å². The second-order valence-corrected chi connectivity index (χ2v) is 3.78. The monoisotopic (exact) mass is 194 g/mol. The first-order valence-corrected chi connectivity index (χ1v) is 4.97. The van der Waals surface area contributed by atoms with Crippen LogP contribution in [-0.4, -0.2) is 22.7 Å². The fourth-order valence-electron chi connectivity index (χ4n) is 1.26. The summed E-state index contributed by atoms with van der Waals surface area (Å²) in [5.41, 5.74) is 1.15. The maximum atomic E-state index is 9.10. The third-order valence-corrected chi connectivity index (χ3v) is 2.29. The summed E-state index contributed by atoms with van der Waals surface area (Å²) in [5, 5.41) is 12.4. The zero-order valence-corrected chi connectivity index (χ0v) is 8.77. The van der Waals surface area contributed by atoms with Crippen molar-refractivity contribution in [3.05, 3.63) is 30.1 Å². The fourth-order valence-corrected chi connectivity index (χ4v) is 1.26.